The second kappa shape index (κ2) is 5.49. The van der Waals surface area contributed by atoms with Gasteiger partial charge < -0.3 is 15.5 Å². The molecule has 0 aromatic rings. The first-order valence-electron chi connectivity index (χ1n) is 6.10. The van der Waals surface area contributed by atoms with Crippen LogP contribution in [0.15, 0.2) is 0 Å². The highest BCUT2D eigenvalue weighted by Crippen LogP contribution is 2.30. The van der Waals surface area contributed by atoms with Gasteiger partial charge in [0.1, 0.15) is 0 Å². The van der Waals surface area contributed by atoms with Gasteiger partial charge in [0.2, 0.25) is 11.8 Å². The van der Waals surface area contributed by atoms with Crippen LogP contribution in [0.1, 0.15) is 20.3 Å². The van der Waals surface area contributed by atoms with Crippen molar-refractivity contribution < 1.29 is 9.59 Å². The lowest BCUT2D eigenvalue weighted by atomic mass is 9.89. The van der Waals surface area contributed by atoms with Crippen LogP contribution in [0.5, 0.6) is 0 Å². The van der Waals surface area contributed by atoms with Gasteiger partial charge in [-0.15, -0.1) is 0 Å². The Balaban J connectivity index is 2.61. The Kier molecular flexibility index (Phi) is 4.51. The third-order valence-electron chi connectivity index (χ3n) is 3.49. The van der Waals surface area contributed by atoms with E-state index in [1.807, 2.05) is 20.9 Å². The van der Waals surface area contributed by atoms with Gasteiger partial charge >= 0.3 is 0 Å². The molecule has 1 aliphatic heterocycles. The predicted molar refractivity (Wildman–Crippen MR) is 66.5 cm³/mol. The summed E-state index contributed by atoms with van der Waals surface area (Å²) in [5.41, 5.74) is -0.427. The van der Waals surface area contributed by atoms with Crippen LogP contribution in [-0.2, 0) is 9.59 Å². The summed E-state index contributed by atoms with van der Waals surface area (Å²) in [6, 6.07) is 0. The maximum atomic E-state index is 12.1. The third-order valence-corrected chi connectivity index (χ3v) is 3.49. The van der Waals surface area contributed by atoms with Gasteiger partial charge in [-0.2, -0.15) is 0 Å². The van der Waals surface area contributed by atoms with Gasteiger partial charge in [0.15, 0.2) is 0 Å². The molecule has 2 amide bonds. The minimum absolute atomic E-state index is 0.0223. The monoisotopic (exact) mass is 241 g/mol. The molecule has 2 unspecified atom stereocenters. The molecular formula is C12H23N3O2. The molecule has 1 saturated heterocycles. The molecule has 0 bridgehead atoms. The number of hydrogen-bond donors (Lipinski definition) is 2. The molecule has 5 nitrogen and oxygen atoms in total. The SMILES string of the molecule is CNCC(C)C(=O)N1CCC(C)(C(=O)NC)C1. The maximum Gasteiger partial charge on any atom is 0.227 e. The zero-order valence-corrected chi connectivity index (χ0v) is 11.2. The van der Waals surface area contributed by atoms with Crippen LogP contribution < -0.4 is 10.6 Å². The number of nitrogens with zero attached hydrogens (tertiary/aromatic N) is 1. The van der Waals surface area contributed by atoms with Gasteiger partial charge in [0.25, 0.3) is 0 Å². The van der Waals surface area contributed by atoms with E-state index >= 15 is 0 Å². The Hall–Kier alpha value is -1.10. The minimum atomic E-state index is -0.427. The van der Waals surface area contributed by atoms with E-state index in [9.17, 15) is 9.59 Å². The Morgan fingerprint density at radius 2 is 2.06 bits per heavy atom. The van der Waals surface area contributed by atoms with Crippen LogP contribution in [0.2, 0.25) is 0 Å². The molecule has 2 N–H and O–H groups in total. The standard InChI is InChI=1S/C12H23N3O2/c1-9(7-13-3)10(16)15-6-5-12(2,8-15)11(17)14-4/h9,13H,5-8H2,1-4H3,(H,14,17). The summed E-state index contributed by atoms with van der Waals surface area (Å²) in [4.78, 5) is 25.6. The minimum Gasteiger partial charge on any atom is -0.359 e. The van der Waals surface area contributed by atoms with E-state index in [2.05, 4.69) is 10.6 Å². The lowest BCUT2D eigenvalue weighted by Gasteiger charge is -2.24. The highest BCUT2D eigenvalue weighted by Gasteiger charge is 2.42. The van der Waals surface area contributed by atoms with Crippen molar-refractivity contribution in [3.63, 3.8) is 0 Å². The first kappa shape index (κ1) is 14.0. The number of rotatable bonds is 4. The summed E-state index contributed by atoms with van der Waals surface area (Å²) >= 11 is 0. The van der Waals surface area contributed by atoms with Crippen molar-refractivity contribution in [1.82, 2.24) is 15.5 Å². The maximum absolute atomic E-state index is 12.1. The molecule has 98 valence electrons. The van der Waals surface area contributed by atoms with Crippen LogP contribution in [0.4, 0.5) is 0 Å². The molecule has 2 atom stereocenters. The van der Waals surface area contributed by atoms with Crippen LogP contribution >= 0.6 is 0 Å². The smallest absolute Gasteiger partial charge is 0.227 e. The highest BCUT2D eigenvalue weighted by molar-refractivity contribution is 5.85. The Morgan fingerprint density at radius 3 is 2.59 bits per heavy atom. The molecule has 0 aliphatic carbocycles. The van der Waals surface area contributed by atoms with Crippen molar-refractivity contribution in [3.05, 3.63) is 0 Å². The molecule has 0 spiro atoms. The molecule has 17 heavy (non-hydrogen) atoms. The van der Waals surface area contributed by atoms with E-state index in [4.69, 9.17) is 0 Å². The summed E-state index contributed by atoms with van der Waals surface area (Å²) in [5, 5.41) is 5.67. The van der Waals surface area contributed by atoms with Crippen molar-refractivity contribution in [1.29, 1.82) is 0 Å². The summed E-state index contributed by atoms with van der Waals surface area (Å²) in [6.45, 7) is 5.71. The summed E-state index contributed by atoms with van der Waals surface area (Å²) in [5.74, 6) is 0.119. The Bertz CT molecular complexity index is 306. The van der Waals surface area contributed by atoms with Crippen LogP contribution in [-0.4, -0.2) is 50.4 Å². The average molecular weight is 241 g/mol. The Morgan fingerprint density at radius 1 is 1.41 bits per heavy atom. The van der Waals surface area contributed by atoms with E-state index in [0.29, 0.717) is 19.6 Å². The highest BCUT2D eigenvalue weighted by atomic mass is 16.2. The topological polar surface area (TPSA) is 61.4 Å². The number of hydrogen-bond acceptors (Lipinski definition) is 3. The molecule has 1 rings (SSSR count). The van der Waals surface area contributed by atoms with Gasteiger partial charge in [-0.1, -0.05) is 6.92 Å². The molecule has 0 saturated carbocycles. The molecule has 0 aromatic heterocycles. The van der Waals surface area contributed by atoms with Gasteiger partial charge in [0, 0.05) is 32.6 Å². The number of likely N-dealkylation sites (tertiary alicyclic amines) is 1. The summed E-state index contributed by atoms with van der Waals surface area (Å²) in [6.07, 6.45) is 0.741. The van der Waals surface area contributed by atoms with Crippen molar-refractivity contribution >= 4 is 11.8 Å². The molecule has 0 radical (unpaired) electrons. The second-order valence-corrected chi connectivity index (χ2v) is 5.11. The van der Waals surface area contributed by atoms with Crippen molar-refractivity contribution in [2.24, 2.45) is 11.3 Å². The average Bonchev–Trinajstić information content (AvgIpc) is 2.71. The molecule has 0 aromatic carbocycles. The first-order chi connectivity index (χ1) is 7.94. The molecule has 1 heterocycles. The fourth-order valence-corrected chi connectivity index (χ4v) is 2.34. The van der Waals surface area contributed by atoms with Crippen LogP contribution in [0, 0.1) is 11.3 Å². The number of carbonyl (C=O) groups is 2. The lowest BCUT2D eigenvalue weighted by molar-refractivity contribution is -0.135. The Labute approximate surface area is 103 Å². The lowest BCUT2D eigenvalue weighted by Crippen LogP contribution is -2.42. The summed E-state index contributed by atoms with van der Waals surface area (Å²) < 4.78 is 0. The van der Waals surface area contributed by atoms with Crippen molar-refractivity contribution in [3.8, 4) is 0 Å². The van der Waals surface area contributed by atoms with Crippen molar-refractivity contribution in [2.45, 2.75) is 20.3 Å². The zero-order chi connectivity index (χ0) is 13.1. The van der Waals surface area contributed by atoms with Crippen LogP contribution in [0.3, 0.4) is 0 Å². The molecule has 5 heteroatoms. The molecule has 1 aliphatic rings. The third kappa shape index (κ3) is 2.97. The van der Waals surface area contributed by atoms with E-state index in [-0.39, 0.29) is 17.7 Å². The van der Waals surface area contributed by atoms with Gasteiger partial charge in [-0.05, 0) is 20.4 Å². The zero-order valence-electron chi connectivity index (χ0n) is 11.2. The number of nitrogens with one attached hydrogen (secondary N) is 2. The quantitative estimate of drug-likeness (QED) is 0.718. The van der Waals surface area contributed by atoms with Crippen LogP contribution in [0.25, 0.3) is 0 Å². The van der Waals surface area contributed by atoms with Crippen molar-refractivity contribution in [2.75, 3.05) is 33.7 Å². The molecular weight excluding hydrogens is 218 g/mol. The number of amides is 2. The van der Waals surface area contributed by atoms with Gasteiger partial charge in [-0.3, -0.25) is 9.59 Å². The van der Waals surface area contributed by atoms with E-state index < -0.39 is 5.41 Å². The van der Waals surface area contributed by atoms with E-state index in [0.717, 1.165) is 6.42 Å². The summed E-state index contributed by atoms with van der Waals surface area (Å²) in [7, 11) is 3.48. The predicted octanol–water partition coefficient (Wildman–Crippen LogP) is -0.173. The van der Waals surface area contributed by atoms with E-state index in [1.54, 1.807) is 11.9 Å². The van der Waals surface area contributed by atoms with Gasteiger partial charge in [0.05, 0.1) is 5.41 Å². The van der Waals surface area contributed by atoms with Gasteiger partial charge in [-0.25, -0.2) is 0 Å². The first-order valence-corrected chi connectivity index (χ1v) is 6.10. The fraction of sp³-hybridized carbons (Fsp3) is 0.833. The van der Waals surface area contributed by atoms with E-state index in [1.165, 1.54) is 0 Å². The number of carbonyl (C=O) groups excluding carboxylic acids is 2. The fourth-order valence-electron chi connectivity index (χ4n) is 2.34. The normalized spacial score (nSPS) is 25.8. The largest absolute Gasteiger partial charge is 0.359 e. The second-order valence-electron chi connectivity index (χ2n) is 5.11. The molecule has 1 fully saturated rings.